The molecular weight excluding hydrogens is 264 g/mol. The molecule has 0 atom stereocenters. The summed E-state index contributed by atoms with van der Waals surface area (Å²) in [7, 11) is 2.14. The maximum atomic E-state index is 9.17. The van der Waals surface area contributed by atoms with E-state index in [-0.39, 0.29) is 0 Å². The first-order chi connectivity index (χ1) is 10.2. The lowest BCUT2D eigenvalue weighted by Crippen LogP contribution is -2.38. The highest BCUT2D eigenvalue weighted by molar-refractivity contribution is 5.34. The van der Waals surface area contributed by atoms with Crippen LogP contribution in [0, 0.1) is 17.2 Å². The van der Waals surface area contributed by atoms with E-state index < -0.39 is 0 Å². The van der Waals surface area contributed by atoms with Crippen LogP contribution in [-0.2, 0) is 0 Å². The van der Waals surface area contributed by atoms with Crippen molar-refractivity contribution >= 4 is 0 Å². The second kappa shape index (κ2) is 8.02. The smallest absolute Gasteiger partial charge is 0.119 e. The van der Waals surface area contributed by atoms with Crippen LogP contribution in [0.2, 0.25) is 0 Å². The summed E-state index contributed by atoms with van der Waals surface area (Å²) in [5.41, 5.74) is 0.653. The molecule has 1 aliphatic rings. The van der Waals surface area contributed by atoms with E-state index in [1.54, 1.807) is 12.1 Å². The molecule has 0 aromatic heterocycles. The third kappa shape index (κ3) is 4.73. The highest BCUT2D eigenvalue weighted by Crippen LogP contribution is 2.26. The van der Waals surface area contributed by atoms with Gasteiger partial charge in [0.15, 0.2) is 0 Å². The second-order valence-corrected chi connectivity index (χ2v) is 5.82. The van der Waals surface area contributed by atoms with Crippen molar-refractivity contribution in [1.82, 2.24) is 4.90 Å². The topological polar surface area (TPSA) is 56.5 Å². The summed E-state index contributed by atoms with van der Waals surface area (Å²) in [5, 5.41) is 17.9. The van der Waals surface area contributed by atoms with Crippen molar-refractivity contribution in [3.8, 4) is 11.8 Å². The fourth-order valence-electron chi connectivity index (χ4n) is 2.88. The van der Waals surface area contributed by atoms with Crippen LogP contribution >= 0.6 is 0 Å². The average molecular weight is 288 g/mol. The van der Waals surface area contributed by atoms with Crippen molar-refractivity contribution in [2.45, 2.75) is 31.7 Å². The van der Waals surface area contributed by atoms with Crippen LogP contribution in [0.3, 0.4) is 0 Å². The van der Waals surface area contributed by atoms with Gasteiger partial charge >= 0.3 is 0 Å². The van der Waals surface area contributed by atoms with Gasteiger partial charge < -0.3 is 14.7 Å². The van der Waals surface area contributed by atoms with Crippen LogP contribution in [0.15, 0.2) is 24.3 Å². The number of aliphatic hydroxyl groups excluding tert-OH is 1. The van der Waals surface area contributed by atoms with E-state index in [0.29, 0.717) is 30.7 Å². The average Bonchev–Trinajstić information content (AvgIpc) is 2.55. The van der Waals surface area contributed by atoms with Crippen LogP contribution in [0.25, 0.3) is 0 Å². The summed E-state index contributed by atoms with van der Waals surface area (Å²) < 4.78 is 5.72. The first kappa shape index (κ1) is 15.8. The van der Waals surface area contributed by atoms with Crippen molar-refractivity contribution in [1.29, 1.82) is 5.26 Å². The van der Waals surface area contributed by atoms with E-state index in [1.807, 2.05) is 12.1 Å². The van der Waals surface area contributed by atoms with Gasteiger partial charge in [0.2, 0.25) is 0 Å². The summed E-state index contributed by atoms with van der Waals surface area (Å²) in [5.74, 6) is 1.32. The molecule has 1 fully saturated rings. The Hall–Kier alpha value is -1.57. The van der Waals surface area contributed by atoms with Crippen LogP contribution in [0.1, 0.15) is 31.2 Å². The minimum absolute atomic E-state index is 0.332. The van der Waals surface area contributed by atoms with Crippen LogP contribution in [0.5, 0.6) is 5.75 Å². The number of likely N-dealkylation sites (N-methyl/N-ethyl adjacent to an activating group) is 1. The van der Waals surface area contributed by atoms with Gasteiger partial charge in [-0.3, -0.25) is 0 Å². The Kier molecular flexibility index (Phi) is 6.04. The monoisotopic (exact) mass is 288 g/mol. The zero-order valence-corrected chi connectivity index (χ0v) is 12.7. The summed E-state index contributed by atoms with van der Waals surface area (Å²) in [6.45, 7) is 1.88. The standard InChI is InChI=1S/C17H24N2O2/c1-19(16-6-2-15(13-20)3-7-16)10-11-21-17-8-4-14(12-18)5-9-17/h4-5,8-9,15-16,20H,2-3,6-7,10-11,13H2,1H3. The highest BCUT2D eigenvalue weighted by Gasteiger charge is 2.23. The summed E-state index contributed by atoms with van der Waals surface area (Å²) in [4.78, 5) is 2.36. The number of nitrogens with zero attached hydrogens (tertiary/aromatic N) is 2. The molecule has 21 heavy (non-hydrogen) atoms. The van der Waals surface area contributed by atoms with Gasteiger partial charge in [0.25, 0.3) is 0 Å². The Morgan fingerprint density at radius 1 is 1.24 bits per heavy atom. The second-order valence-electron chi connectivity index (χ2n) is 5.82. The lowest BCUT2D eigenvalue weighted by molar-refractivity contribution is 0.116. The Labute approximate surface area is 127 Å². The lowest BCUT2D eigenvalue weighted by Gasteiger charge is -2.34. The highest BCUT2D eigenvalue weighted by atomic mass is 16.5. The van der Waals surface area contributed by atoms with Gasteiger partial charge in [-0.1, -0.05) is 0 Å². The first-order valence-corrected chi connectivity index (χ1v) is 7.67. The van der Waals surface area contributed by atoms with Crippen LogP contribution < -0.4 is 4.74 Å². The number of rotatable bonds is 6. The predicted octanol–water partition coefficient (Wildman–Crippen LogP) is 2.42. The molecule has 0 unspecified atom stereocenters. The molecule has 1 aliphatic carbocycles. The largest absolute Gasteiger partial charge is 0.492 e. The lowest BCUT2D eigenvalue weighted by atomic mass is 9.86. The molecule has 0 bridgehead atoms. The number of hydrogen-bond donors (Lipinski definition) is 1. The number of benzene rings is 1. The molecule has 0 spiro atoms. The SMILES string of the molecule is CN(CCOc1ccc(C#N)cc1)C1CCC(CO)CC1. The molecule has 1 aromatic rings. The molecule has 4 nitrogen and oxygen atoms in total. The zero-order valence-electron chi connectivity index (χ0n) is 12.7. The van der Waals surface area contributed by atoms with E-state index in [4.69, 9.17) is 15.1 Å². The van der Waals surface area contributed by atoms with Gasteiger partial charge in [-0.2, -0.15) is 5.26 Å². The number of nitriles is 1. The van der Waals surface area contributed by atoms with E-state index >= 15 is 0 Å². The minimum atomic E-state index is 0.332. The molecule has 2 rings (SSSR count). The molecule has 0 aliphatic heterocycles. The van der Waals surface area contributed by atoms with Crippen LogP contribution in [-0.4, -0.2) is 42.9 Å². The Bertz CT molecular complexity index is 459. The molecule has 4 heteroatoms. The van der Waals surface area contributed by atoms with Gasteiger partial charge in [0.05, 0.1) is 11.6 Å². The van der Waals surface area contributed by atoms with Crippen molar-refractivity contribution in [3.63, 3.8) is 0 Å². The quantitative estimate of drug-likeness (QED) is 0.873. The summed E-state index contributed by atoms with van der Waals surface area (Å²) in [6.07, 6.45) is 4.58. The van der Waals surface area contributed by atoms with E-state index in [0.717, 1.165) is 25.1 Å². The van der Waals surface area contributed by atoms with E-state index in [9.17, 15) is 0 Å². The molecule has 1 N–H and O–H groups in total. The van der Waals surface area contributed by atoms with E-state index in [2.05, 4.69) is 18.0 Å². The van der Waals surface area contributed by atoms with Gasteiger partial charge in [-0.25, -0.2) is 0 Å². The van der Waals surface area contributed by atoms with Crippen molar-refractivity contribution in [2.75, 3.05) is 26.8 Å². The first-order valence-electron chi connectivity index (χ1n) is 7.67. The maximum absolute atomic E-state index is 9.17. The number of hydrogen-bond acceptors (Lipinski definition) is 4. The molecule has 0 amide bonds. The molecule has 0 saturated heterocycles. The molecule has 0 radical (unpaired) electrons. The van der Waals surface area contributed by atoms with Crippen molar-refractivity contribution in [2.24, 2.45) is 5.92 Å². The zero-order chi connectivity index (χ0) is 15.1. The third-order valence-corrected chi connectivity index (χ3v) is 4.39. The number of aliphatic hydroxyl groups is 1. The molecule has 114 valence electrons. The van der Waals surface area contributed by atoms with Gasteiger partial charge in [-0.05, 0) is 62.9 Å². The molecular formula is C17H24N2O2. The fraction of sp³-hybridized carbons (Fsp3) is 0.588. The predicted molar refractivity (Wildman–Crippen MR) is 82.1 cm³/mol. The summed E-state index contributed by atoms with van der Waals surface area (Å²) >= 11 is 0. The Morgan fingerprint density at radius 3 is 2.48 bits per heavy atom. The fourth-order valence-corrected chi connectivity index (χ4v) is 2.88. The minimum Gasteiger partial charge on any atom is -0.492 e. The van der Waals surface area contributed by atoms with Gasteiger partial charge in [-0.15, -0.1) is 0 Å². The van der Waals surface area contributed by atoms with E-state index in [1.165, 1.54) is 12.8 Å². The summed E-state index contributed by atoms with van der Waals surface area (Å²) in [6, 6.07) is 9.93. The third-order valence-electron chi connectivity index (χ3n) is 4.39. The maximum Gasteiger partial charge on any atom is 0.119 e. The Morgan fingerprint density at radius 2 is 1.90 bits per heavy atom. The van der Waals surface area contributed by atoms with Crippen LogP contribution in [0.4, 0.5) is 0 Å². The molecule has 1 aromatic carbocycles. The van der Waals surface area contributed by atoms with Crippen molar-refractivity contribution in [3.05, 3.63) is 29.8 Å². The number of ether oxygens (including phenoxy) is 1. The molecule has 0 heterocycles. The molecule has 1 saturated carbocycles. The van der Waals surface area contributed by atoms with Crippen molar-refractivity contribution < 1.29 is 9.84 Å². The Balaban J connectivity index is 1.69. The normalized spacial score (nSPS) is 22.0. The van der Waals surface area contributed by atoms with Gasteiger partial charge in [0.1, 0.15) is 12.4 Å². The van der Waals surface area contributed by atoms with Gasteiger partial charge in [0, 0.05) is 19.2 Å².